The van der Waals surface area contributed by atoms with Crippen molar-refractivity contribution in [2.45, 2.75) is 26.3 Å². The molecule has 10 heteroatoms. The van der Waals surface area contributed by atoms with Gasteiger partial charge in [0.15, 0.2) is 5.69 Å². The number of ether oxygens (including phenoxy) is 1. The van der Waals surface area contributed by atoms with Crippen LogP contribution in [-0.4, -0.2) is 54.8 Å². The van der Waals surface area contributed by atoms with Gasteiger partial charge in [-0.3, -0.25) is 24.0 Å². The summed E-state index contributed by atoms with van der Waals surface area (Å²) in [5.74, 6) is 0.112. The topological polar surface area (TPSA) is 127 Å². The molecule has 0 aromatic carbocycles. The third-order valence-corrected chi connectivity index (χ3v) is 4.43. The van der Waals surface area contributed by atoms with Gasteiger partial charge in [-0.2, -0.15) is 0 Å². The minimum atomic E-state index is -0.716. The lowest BCUT2D eigenvalue weighted by Gasteiger charge is -2.24. The molecule has 2 rings (SSSR count). The summed E-state index contributed by atoms with van der Waals surface area (Å²) < 4.78 is 6.39. The first-order chi connectivity index (χ1) is 13.8. The molecule has 1 amide bonds. The molecule has 10 nitrogen and oxygen atoms in total. The van der Waals surface area contributed by atoms with Crippen molar-refractivity contribution >= 4 is 23.2 Å². The van der Waals surface area contributed by atoms with E-state index in [9.17, 15) is 14.4 Å². The number of nitrogen functional groups attached to an aromatic ring is 1. The second kappa shape index (κ2) is 9.87. The number of nitrogens with zero attached hydrogens (tertiary/aromatic N) is 4. The maximum absolute atomic E-state index is 13.3. The van der Waals surface area contributed by atoms with Gasteiger partial charge >= 0.3 is 5.69 Å². The Balaban J connectivity index is 2.58. The summed E-state index contributed by atoms with van der Waals surface area (Å²) in [6, 6.07) is 3.19. The lowest BCUT2D eigenvalue weighted by molar-refractivity contribution is 0.0975. The van der Waals surface area contributed by atoms with E-state index in [1.54, 1.807) is 17.0 Å². The van der Waals surface area contributed by atoms with Crippen LogP contribution < -0.4 is 26.8 Å². The number of H-pyrrole nitrogens is 1. The number of hydrogen-bond donors (Lipinski definition) is 2. The minimum Gasteiger partial charge on any atom is -0.383 e. The SMILES string of the molecule is CCCCn1c(N)c(N(CCOC)C(=O)c2ccnc(N(C)C)c2)c(=O)[nH]c1=O. The smallest absolute Gasteiger partial charge is 0.330 e. The number of aromatic amines is 1. The van der Waals surface area contributed by atoms with Gasteiger partial charge in [0.25, 0.3) is 11.5 Å². The van der Waals surface area contributed by atoms with Crippen molar-refractivity contribution in [3.8, 4) is 0 Å². The first-order valence-corrected chi connectivity index (χ1v) is 9.38. The zero-order chi connectivity index (χ0) is 21.6. The van der Waals surface area contributed by atoms with Crippen LogP contribution in [0, 0.1) is 0 Å². The Hall–Kier alpha value is -3.14. The van der Waals surface area contributed by atoms with Crippen LogP contribution in [0.4, 0.5) is 17.3 Å². The summed E-state index contributed by atoms with van der Waals surface area (Å²) >= 11 is 0. The molecule has 0 saturated heterocycles. The molecule has 29 heavy (non-hydrogen) atoms. The van der Waals surface area contributed by atoms with Gasteiger partial charge in [-0.15, -0.1) is 0 Å². The summed E-state index contributed by atoms with van der Waals surface area (Å²) in [4.78, 5) is 47.5. The maximum Gasteiger partial charge on any atom is 0.330 e. The molecular weight excluding hydrogens is 376 g/mol. The predicted octanol–water partition coefficient (Wildman–Crippen LogP) is 0.673. The highest BCUT2D eigenvalue weighted by Gasteiger charge is 2.25. The molecule has 0 saturated carbocycles. The Morgan fingerprint density at radius 3 is 2.69 bits per heavy atom. The number of carbonyl (C=O) groups is 1. The number of anilines is 3. The van der Waals surface area contributed by atoms with Gasteiger partial charge in [-0.25, -0.2) is 9.78 Å². The van der Waals surface area contributed by atoms with Crippen molar-refractivity contribution in [1.82, 2.24) is 14.5 Å². The number of amides is 1. The number of nitrogens with one attached hydrogen (secondary N) is 1. The van der Waals surface area contributed by atoms with E-state index in [1.807, 2.05) is 21.0 Å². The fraction of sp³-hybridized carbons (Fsp3) is 0.474. The van der Waals surface area contributed by atoms with Crippen LogP contribution in [0.15, 0.2) is 27.9 Å². The zero-order valence-electron chi connectivity index (χ0n) is 17.3. The number of hydrogen-bond acceptors (Lipinski definition) is 7. The Morgan fingerprint density at radius 2 is 2.07 bits per heavy atom. The molecule has 0 aliphatic rings. The van der Waals surface area contributed by atoms with Crippen LogP contribution in [0.1, 0.15) is 30.1 Å². The number of unbranched alkanes of at least 4 members (excludes halogenated alkanes) is 1. The Kier molecular flexibility index (Phi) is 7.54. The van der Waals surface area contributed by atoms with E-state index in [0.29, 0.717) is 24.3 Å². The molecule has 0 aliphatic heterocycles. The lowest BCUT2D eigenvalue weighted by atomic mass is 10.2. The third-order valence-electron chi connectivity index (χ3n) is 4.43. The predicted molar refractivity (Wildman–Crippen MR) is 113 cm³/mol. The standard InChI is InChI=1S/C19H28N6O4/c1-5-6-9-25-16(20)15(17(26)22-19(25)28)24(10-11-29-4)18(27)13-7-8-21-14(12-13)23(2)3/h7-8,12H,5-6,9-11,20H2,1-4H3,(H,22,26,28). The van der Waals surface area contributed by atoms with Crippen LogP contribution in [0.3, 0.4) is 0 Å². The number of pyridine rings is 1. The molecule has 0 radical (unpaired) electrons. The van der Waals surface area contributed by atoms with Crippen LogP contribution in [-0.2, 0) is 11.3 Å². The van der Waals surface area contributed by atoms with Crippen molar-refractivity contribution < 1.29 is 9.53 Å². The van der Waals surface area contributed by atoms with Gasteiger partial charge in [-0.1, -0.05) is 13.3 Å². The Labute approximate surface area is 168 Å². The second-order valence-electron chi connectivity index (χ2n) is 6.75. The van der Waals surface area contributed by atoms with Crippen molar-refractivity contribution in [3.05, 3.63) is 44.7 Å². The van der Waals surface area contributed by atoms with Crippen molar-refractivity contribution in [2.24, 2.45) is 0 Å². The summed E-state index contributed by atoms with van der Waals surface area (Å²) in [5.41, 5.74) is 5.14. The molecule has 2 aromatic heterocycles. The van der Waals surface area contributed by atoms with E-state index in [2.05, 4.69) is 9.97 Å². The summed E-state index contributed by atoms with van der Waals surface area (Å²) in [6.45, 7) is 2.60. The maximum atomic E-state index is 13.3. The number of methoxy groups -OCH3 is 1. The minimum absolute atomic E-state index is 0.0430. The fourth-order valence-corrected chi connectivity index (χ4v) is 2.83. The monoisotopic (exact) mass is 404 g/mol. The van der Waals surface area contributed by atoms with E-state index in [0.717, 1.165) is 6.42 Å². The van der Waals surface area contributed by atoms with Gasteiger partial charge in [0.1, 0.15) is 11.6 Å². The average molecular weight is 404 g/mol. The number of nitrogens with two attached hydrogens (primary N) is 1. The molecule has 2 aromatic rings. The van der Waals surface area contributed by atoms with Crippen LogP contribution in [0.2, 0.25) is 0 Å². The van der Waals surface area contributed by atoms with Gasteiger partial charge in [0.05, 0.1) is 6.61 Å². The molecule has 0 spiro atoms. The molecule has 0 fully saturated rings. The fourth-order valence-electron chi connectivity index (χ4n) is 2.83. The summed E-state index contributed by atoms with van der Waals surface area (Å²) in [5, 5.41) is 0. The normalized spacial score (nSPS) is 10.8. The van der Waals surface area contributed by atoms with Crippen molar-refractivity contribution in [3.63, 3.8) is 0 Å². The van der Waals surface area contributed by atoms with E-state index < -0.39 is 17.2 Å². The lowest BCUT2D eigenvalue weighted by Crippen LogP contribution is -2.42. The highest BCUT2D eigenvalue weighted by atomic mass is 16.5. The first kappa shape index (κ1) is 22.2. The molecule has 3 N–H and O–H groups in total. The van der Waals surface area contributed by atoms with Crippen molar-refractivity contribution in [1.29, 1.82) is 0 Å². The van der Waals surface area contributed by atoms with Gasteiger partial charge in [0.2, 0.25) is 0 Å². The van der Waals surface area contributed by atoms with Gasteiger partial charge in [0, 0.05) is 46.1 Å². The highest BCUT2D eigenvalue weighted by Crippen LogP contribution is 2.21. The molecule has 158 valence electrons. The average Bonchev–Trinajstić information content (AvgIpc) is 2.69. The first-order valence-electron chi connectivity index (χ1n) is 9.38. The van der Waals surface area contributed by atoms with Crippen LogP contribution in [0.25, 0.3) is 0 Å². The summed E-state index contributed by atoms with van der Waals surface area (Å²) in [6.07, 6.45) is 3.07. The van der Waals surface area contributed by atoms with Crippen LogP contribution >= 0.6 is 0 Å². The molecule has 2 heterocycles. The largest absolute Gasteiger partial charge is 0.383 e. The zero-order valence-corrected chi connectivity index (χ0v) is 17.3. The second-order valence-corrected chi connectivity index (χ2v) is 6.75. The van der Waals surface area contributed by atoms with E-state index in [1.165, 1.54) is 22.8 Å². The Morgan fingerprint density at radius 1 is 1.34 bits per heavy atom. The molecule has 0 aliphatic carbocycles. The summed E-state index contributed by atoms with van der Waals surface area (Å²) in [7, 11) is 5.12. The number of carbonyl (C=O) groups excluding carboxylic acids is 1. The molecular formula is C19H28N6O4. The molecule has 0 unspecified atom stereocenters. The number of rotatable bonds is 9. The number of aromatic nitrogens is 3. The van der Waals surface area contributed by atoms with Gasteiger partial charge < -0.3 is 15.4 Å². The van der Waals surface area contributed by atoms with E-state index in [4.69, 9.17) is 10.5 Å². The quantitative estimate of drug-likeness (QED) is 0.629. The molecule has 0 atom stereocenters. The highest BCUT2D eigenvalue weighted by molar-refractivity contribution is 6.07. The van der Waals surface area contributed by atoms with E-state index >= 15 is 0 Å². The van der Waals surface area contributed by atoms with Crippen LogP contribution in [0.5, 0.6) is 0 Å². The molecule has 0 bridgehead atoms. The third kappa shape index (κ3) is 5.02. The van der Waals surface area contributed by atoms with Gasteiger partial charge in [-0.05, 0) is 18.6 Å². The Bertz CT molecular complexity index is 966. The van der Waals surface area contributed by atoms with E-state index in [-0.39, 0.29) is 24.7 Å². The van der Waals surface area contributed by atoms with Crippen molar-refractivity contribution in [2.75, 3.05) is 49.9 Å².